The maximum absolute atomic E-state index is 11.7. The van der Waals surface area contributed by atoms with Crippen LogP contribution in [0.25, 0.3) is 0 Å². The maximum atomic E-state index is 11.7. The predicted octanol–water partition coefficient (Wildman–Crippen LogP) is 1.55. The molecule has 0 spiro atoms. The molecule has 0 amide bonds. The summed E-state index contributed by atoms with van der Waals surface area (Å²) in [4.78, 5) is 8.66. The van der Waals surface area contributed by atoms with Crippen LogP contribution in [0.2, 0.25) is 0 Å². The van der Waals surface area contributed by atoms with Crippen LogP contribution in [0.5, 0.6) is 0 Å². The third-order valence-electron chi connectivity index (χ3n) is 4.35. The normalized spacial score (nSPS) is 19.9. The molecule has 23 heavy (non-hydrogen) atoms. The highest BCUT2D eigenvalue weighted by molar-refractivity contribution is 7.91. The molecule has 0 unspecified atom stereocenters. The second kappa shape index (κ2) is 7.33. The van der Waals surface area contributed by atoms with Gasteiger partial charge in [-0.25, -0.2) is 13.4 Å². The molecule has 0 aromatic carbocycles. The van der Waals surface area contributed by atoms with Crippen LogP contribution < -0.4 is 4.90 Å². The van der Waals surface area contributed by atoms with Crippen LogP contribution in [0.15, 0.2) is 18.3 Å². The summed E-state index contributed by atoms with van der Waals surface area (Å²) in [5, 5.41) is 0. The Morgan fingerprint density at radius 2 is 2.17 bits per heavy atom. The van der Waals surface area contributed by atoms with Crippen molar-refractivity contribution < 1.29 is 8.42 Å². The monoisotopic (exact) mass is 335 g/mol. The van der Waals surface area contributed by atoms with Gasteiger partial charge in [0.05, 0.1) is 18.1 Å². The van der Waals surface area contributed by atoms with E-state index in [2.05, 4.69) is 34.6 Å². The van der Waals surface area contributed by atoms with Crippen molar-refractivity contribution in [2.24, 2.45) is 0 Å². The zero-order valence-electron chi connectivity index (χ0n) is 14.1. The van der Waals surface area contributed by atoms with Gasteiger partial charge in [-0.15, -0.1) is 6.42 Å². The summed E-state index contributed by atoms with van der Waals surface area (Å²) >= 11 is 0. The fourth-order valence-corrected chi connectivity index (χ4v) is 4.47. The number of hydrogen-bond donors (Lipinski definition) is 0. The first kappa shape index (κ1) is 17.8. The van der Waals surface area contributed by atoms with Crippen LogP contribution in [0.3, 0.4) is 0 Å². The van der Waals surface area contributed by atoms with Crippen molar-refractivity contribution in [1.82, 2.24) is 9.88 Å². The standard InChI is InChI=1S/C17H25N3O2S/c1-5-9-20(16-8-10-23(21,22)13-16)12-15-6-7-17(18-11-15)19(4)14(2)3/h1,6-7,11,14,16H,8-10,12-13H2,2-4H3/t16-/m1/s1. The summed E-state index contributed by atoms with van der Waals surface area (Å²) in [7, 11) is -0.897. The second-order valence-corrected chi connectivity index (χ2v) is 8.62. The Kier molecular flexibility index (Phi) is 5.66. The molecule has 0 saturated carbocycles. The van der Waals surface area contributed by atoms with E-state index in [1.165, 1.54) is 0 Å². The summed E-state index contributed by atoms with van der Waals surface area (Å²) in [6, 6.07) is 4.42. The number of sulfone groups is 1. The minimum Gasteiger partial charge on any atom is -0.357 e. The number of rotatable bonds is 6. The molecule has 6 heteroatoms. The Morgan fingerprint density at radius 3 is 2.65 bits per heavy atom. The van der Waals surface area contributed by atoms with E-state index in [9.17, 15) is 8.42 Å². The van der Waals surface area contributed by atoms with Gasteiger partial charge in [0, 0.05) is 31.9 Å². The number of nitrogens with zero attached hydrogens (tertiary/aromatic N) is 3. The smallest absolute Gasteiger partial charge is 0.151 e. The van der Waals surface area contributed by atoms with Crippen LogP contribution in [-0.2, 0) is 16.4 Å². The first-order valence-electron chi connectivity index (χ1n) is 7.88. The van der Waals surface area contributed by atoms with E-state index >= 15 is 0 Å². The van der Waals surface area contributed by atoms with Gasteiger partial charge in [-0.2, -0.15) is 0 Å². The molecule has 2 rings (SSSR count). The fourth-order valence-electron chi connectivity index (χ4n) is 2.71. The first-order valence-corrected chi connectivity index (χ1v) is 9.70. The molecule has 1 aliphatic heterocycles. The predicted molar refractivity (Wildman–Crippen MR) is 94.1 cm³/mol. The molecule has 1 aliphatic rings. The van der Waals surface area contributed by atoms with E-state index in [0.717, 1.165) is 11.4 Å². The summed E-state index contributed by atoms with van der Waals surface area (Å²) in [5.41, 5.74) is 1.05. The zero-order valence-corrected chi connectivity index (χ0v) is 14.9. The molecule has 0 aliphatic carbocycles. The Bertz CT molecular complexity index is 662. The van der Waals surface area contributed by atoms with E-state index in [0.29, 0.717) is 25.6 Å². The molecular weight excluding hydrogens is 310 g/mol. The maximum Gasteiger partial charge on any atom is 0.151 e. The van der Waals surface area contributed by atoms with Crippen LogP contribution in [0.4, 0.5) is 5.82 Å². The highest BCUT2D eigenvalue weighted by atomic mass is 32.2. The minimum atomic E-state index is -2.91. The van der Waals surface area contributed by atoms with Crippen molar-refractivity contribution in [3.8, 4) is 12.3 Å². The van der Waals surface area contributed by atoms with E-state index in [1.54, 1.807) is 0 Å². The Balaban J connectivity index is 2.07. The summed E-state index contributed by atoms with van der Waals surface area (Å²) in [6.45, 7) is 5.31. The molecule has 1 fully saturated rings. The van der Waals surface area contributed by atoms with Gasteiger partial charge in [0.2, 0.25) is 0 Å². The molecule has 1 atom stereocenters. The van der Waals surface area contributed by atoms with Crippen LogP contribution in [-0.4, -0.2) is 55.5 Å². The third kappa shape index (κ3) is 4.69. The lowest BCUT2D eigenvalue weighted by molar-refractivity contribution is 0.230. The minimum absolute atomic E-state index is 0.00839. The number of aromatic nitrogens is 1. The van der Waals surface area contributed by atoms with Crippen molar-refractivity contribution >= 4 is 15.7 Å². The lowest BCUT2D eigenvalue weighted by Crippen LogP contribution is -2.36. The number of pyridine rings is 1. The van der Waals surface area contributed by atoms with E-state index < -0.39 is 9.84 Å². The van der Waals surface area contributed by atoms with Crippen LogP contribution in [0.1, 0.15) is 25.8 Å². The van der Waals surface area contributed by atoms with Gasteiger partial charge in [-0.3, -0.25) is 4.90 Å². The van der Waals surface area contributed by atoms with Gasteiger partial charge in [-0.1, -0.05) is 12.0 Å². The molecule has 1 saturated heterocycles. The number of terminal acetylenes is 1. The summed E-state index contributed by atoms with van der Waals surface area (Å²) in [6.07, 6.45) is 7.96. The van der Waals surface area contributed by atoms with Crippen molar-refractivity contribution in [2.75, 3.05) is 30.0 Å². The summed E-state index contributed by atoms with van der Waals surface area (Å²) in [5.74, 6) is 4.03. The van der Waals surface area contributed by atoms with Gasteiger partial charge < -0.3 is 4.90 Å². The van der Waals surface area contributed by atoms with Gasteiger partial charge in [0.1, 0.15) is 5.82 Å². The van der Waals surface area contributed by atoms with Gasteiger partial charge in [0.25, 0.3) is 0 Å². The van der Waals surface area contributed by atoms with Gasteiger partial charge >= 0.3 is 0 Å². The van der Waals surface area contributed by atoms with Crippen LogP contribution in [0, 0.1) is 12.3 Å². The van der Waals surface area contributed by atoms with Crippen molar-refractivity contribution in [3.63, 3.8) is 0 Å². The second-order valence-electron chi connectivity index (χ2n) is 6.40. The van der Waals surface area contributed by atoms with Gasteiger partial charge in [-0.05, 0) is 31.9 Å². The lowest BCUT2D eigenvalue weighted by Gasteiger charge is -2.26. The van der Waals surface area contributed by atoms with E-state index in [-0.39, 0.29) is 17.5 Å². The fraction of sp³-hybridized carbons (Fsp3) is 0.588. The molecule has 5 nitrogen and oxygen atoms in total. The average Bonchev–Trinajstić information content (AvgIpc) is 2.87. The van der Waals surface area contributed by atoms with E-state index in [1.807, 2.05) is 25.4 Å². The molecule has 2 heterocycles. The third-order valence-corrected chi connectivity index (χ3v) is 6.10. The molecule has 126 valence electrons. The van der Waals surface area contributed by atoms with Crippen molar-refractivity contribution in [3.05, 3.63) is 23.9 Å². The van der Waals surface area contributed by atoms with Crippen LogP contribution >= 0.6 is 0 Å². The zero-order chi connectivity index (χ0) is 17.0. The average molecular weight is 335 g/mol. The molecular formula is C17H25N3O2S. The summed E-state index contributed by atoms with van der Waals surface area (Å²) < 4.78 is 23.4. The van der Waals surface area contributed by atoms with Crippen molar-refractivity contribution in [2.45, 2.75) is 38.9 Å². The first-order chi connectivity index (χ1) is 10.8. The highest BCUT2D eigenvalue weighted by Gasteiger charge is 2.31. The molecule has 0 radical (unpaired) electrons. The number of hydrogen-bond acceptors (Lipinski definition) is 5. The Morgan fingerprint density at radius 1 is 1.43 bits per heavy atom. The molecule has 1 aromatic rings. The Hall–Kier alpha value is -1.58. The quantitative estimate of drug-likeness (QED) is 0.738. The van der Waals surface area contributed by atoms with E-state index in [4.69, 9.17) is 6.42 Å². The molecule has 1 aromatic heterocycles. The topological polar surface area (TPSA) is 53.5 Å². The lowest BCUT2D eigenvalue weighted by atomic mass is 10.2. The van der Waals surface area contributed by atoms with Gasteiger partial charge in [0.15, 0.2) is 9.84 Å². The SMILES string of the molecule is C#CCN(Cc1ccc(N(C)C(C)C)nc1)[C@@H]1CCS(=O)(=O)C1. The Labute approximate surface area is 139 Å². The number of anilines is 1. The molecule has 0 N–H and O–H groups in total. The highest BCUT2D eigenvalue weighted by Crippen LogP contribution is 2.20. The molecule has 0 bridgehead atoms. The van der Waals surface area contributed by atoms with Crippen molar-refractivity contribution in [1.29, 1.82) is 0 Å². The largest absolute Gasteiger partial charge is 0.357 e.